The highest BCUT2D eigenvalue weighted by Crippen LogP contribution is 2.27. The molecule has 2 aromatic heterocycles. The Morgan fingerprint density at radius 1 is 1.46 bits per heavy atom. The second-order valence-electron chi connectivity index (χ2n) is 7.82. The molecule has 0 spiro atoms. The molecule has 1 unspecified atom stereocenters. The predicted molar refractivity (Wildman–Crippen MR) is 101 cm³/mol. The van der Waals surface area contributed by atoms with Gasteiger partial charge in [0, 0.05) is 30.9 Å². The molecule has 0 aliphatic heterocycles. The van der Waals surface area contributed by atoms with Gasteiger partial charge in [0.2, 0.25) is 0 Å². The van der Waals surface area contributed by atoms with Crippen molar-refractivity contribution < 1.29 is 9.21 Å². The van der Waals surface area contributed by atoms with Gasteiger partial charge in [-0.1, -0.05) is 13.8 Å². The number of aryl methyl sites for hydroxylation is 2. The molecule has 2 heterocycles. The van der Waals surface area contributed by atoms with Crippen LogP contribution < -0.4 is 5.32 Å². The molecule has 0 radical (unpaired) electrons. The van der Waals surface area contributed by atoms with Crippen molar-refractivity contribution in [3.8, 4) is 0 Å². The summed E-state index contributed by atoms with van der Waals surface area (Å²) in [5.74, 6) is 2.12. The van der Waals surface area contributed by atoms with E-state index in [-0.39, 0.29) is 5.91 Å². The number of aromatic nitrogens is 2. The number of fused-ring (bicyclic) bond motifs is 1. The fourth-order valence-corrected chi connectivity index (χ4v) is 3.89. The van der Waals surface area contributed by atoms with Crippen molar-refractivity contribution >= 4 is 5.91 Å². The molecule has 1 aliphatic carbocycles. The van der Waals surface area contributed by atoms with Crippen LogP contribution in [0.25, 0.3) is 0 Å². The Labute approximate surface area is 155 Å². The van der Waals surface area contributed by atoms with Crippen molar-refractivity contribution in [3.05, 3.63) is 40.6 Å². The van der Waals surface area contributed by atoms with Gasteiger partial charge in [-0.25, -0.2) is 0 Å². The summed E-state index contributed by atoms with van der Waals surface area (Å²) in [6.45, 7) is 7.83. The van der Waals surface area contributed by atoms with Crippen molar-refractivity contribution in [3.63, 3.8) is 0 Å². The molecule has 6 nitrogen and oxygen atoms in total. The summed E-state index contributed by atoms with van der Waals surface area (Å²) in [6, 6.07) is 4.26. The van der Waals surface area contributed by atoms with Crippen LogP contribution in [0.5, 0.6) is 0 Å². The maximum Gasteiger partial charge on any atom is 0.272 e. The lowest BCUT2D eigenvalue weighted by molar-refractivity contribution is 0.0940. The van der Waals surface area contributed by atoms with Gasteiger partial charge < -0.3 is 14.6 Å². The minimum atomic E-state index is -0.122. The quantitative estimate of drug-likeness (QED) is 0.862. The van der Waals surface area contributed by atoms with Gasteiger partial charge in [0.1, 0.15) is 11.5 Å². The largest absolute Gasteiger partial charge is 0.465 e. The summed E-state index contributed by atoms with van der Waals surface area (Å²) in [4.78, 5) is 15.1. The third kappa shape index (κ3) is 4.01. The number of hydrogen-bond donors (Lipinski definition) is 1. The fourth-order valence-electron chi connectivity index (χ4n) is 3.89. The first kappa shape index (κ1) is 18.7. The number of likely N-dealkylation sites (N-methyl/N-ethyl adjacent to an activating group) is 1. The monoisotopic (exact) mass is 358 g/mol. The topological polar surface area (TPSA) is 63.3 Å². The second kappa shape index (κ2) is 7.66. The van der Waals surface area contributed by atoms with E-state index in [2.05, 4.69) is 36.2 Å². The SMILES string of the molecule is Cc1ccc(CNC(=O)c2nn(C)c3c2CC(N(C)CC(C)C)CC3)o1. The molecule has 0 bridgehead atoms. The average Bonchev–Trinajstić information content (AvgIpc) is 3.15. The van der Waals surface area contributed by atoms with E-state index >= 15 is 0 Å². The van der Waals surface area contributed by atoms with Crippen molar-refractivity contribution in [1.82, 2.24) is 20.0 Å². The standard InChI is InChI=1S/C20H30N4O2/c1-13(2)12-23(4)15-7-9-18-17(10-15)19(22-24(18)5)20(25)21-11-16-8-6-14(3)26-16/h6,8,13,15H,7,9-12H2,1-5H3,(H,21,25). The number of carbonyl (C=O) groups excluding carboxylic acids is 1. The van der Waals surface area contributed by atoms with Crippen molar-refractivity contribution in [2.45, 2.75) is 52.6 Å². The molecule has 3 rings (SSSR count). The van der Waals surface area contributed by atoms with Gasteiger partial charge in [0.25, 0.3) is 5.91 Å². The molecule has 1 atom stereocenters. The van der Waals surface area contributed by atoms with Crippen LogP contribution in [0.15, 0.2) is 16.5 Å². The normalized spacial score (nSPS) is 17.0. The van der Waals surface area contributed by atoms with Gasteiger partial charge in [-0.2, -0.15) is 5.10 Å². The summed E-state index contributed by atoms with van der Waals surface area (Å²) in [7, 11) is 4.12. The van der Waals surface area contributed by atoms with Crippen LogP contribution in [0.2, 0.25) is 0 Å². The maximum atomic E-state index is 12.7. The summed E-state index contributed by atoms with van der Waals surface area (Å²) in [6.07, 6.45) is 2.97. The maximum absolute atomic E-state index is 12.7. The molecule has 6 heteroatoms. The first-order chi connectivity index (χ1) is 12.3. The van der Waals surface area contributed by atoms with Crippen LogP contribution in [-0.4, -0.2) is 40.2 Å². The number of nitrogens with one attached hydrogen (secondary N) is 1. The molecule has 0 aromatic carbocycles. The molecule has 26 heavy (non-hydrogen) atoms. The van der Waals surface area contributed by atoms with Gasteiger partial charge in [-0.05, 0) is 51.3 Å². The highest BCUT2D eigenvalue weighted by atomic mass is 16.3. The molecule has 1 N–H and O–H groups in total. The molecule has 0 saturated heterocycles. The summed E-state index contributed by atoms with van der Waals surface area (Å²) in [5, 5.41) is 7.47. The molecular weight excluding hydrogens is 328 g/mol. The van der Waals surface area contributed by atoms with E-state index in [0.29, 0.717) is 24.2 Å². The molecule has 0 saturated carbocycles. The third-order valence-corrected chi connectivity index (χ3v) is 5.14. The third-order valence-electron chi connectivity index (χ3n) is 5.14. The number of furan rings is 1. The van der Waals surface area contributed by atoms with Crippen molar-refractivity contribution in [2.24, 2.45) is 13.0 Å². The first-order valence-electron chi connectivity index (χ1n) is 9.43. The Kier molecular flexibility index (Phi) is 5.51. The molecular formula is C20H30N4O2. The Balaban J connectivity index is 1.72. The van der Waals surface area contributed by atoms with Crippen LogP contribution in [-0.2, 0) is 26.4 Å². The average molecular weight is 358 g/mol. The zero-order valence-corrected chi connectivity index (χ0v) is 16.5. The molecule has 142 valence electrons. The molecule has 1 amide bonds. The lowest BCUT2D eigenvalue weighted by Gasteiger charge is -2.32. The minimum Gasteiger partial charge on any atom is -0.465 e. The van der Waals surface area contributed by atoms with Gasteiger partial charge in [0.05, 0.1) is 6.54 Å². The van der Waals surface area contributed by atoms with E-state index in [1.54, 1.807) is 0 Å². The summed E-state index contributed by atoms with van der Waals surface area (Å²) in [5.41, 5.74) is 2.86. The van der Waals surface area contributed by atoms with Gasteiger partial charge in [-0.3, -0.25) is 9.48 Å². The molecule has 2 aromatic rings. The Bertz CT molecular complexity index is 775. The van der Waals surface area contributed by atoms with E-state index in [9.17, 15) is 4.79 Å². The molecule has 1 aliphatic rings. The van der Waals surface area contributed by atoms with Gasteiger partial charge in [-0.15, -0.1) is 0 Å². The van der Waals surface area contributed by atoms with Crippen molar-refractivity contribution in [1.29, 1.82) is 0 Å². The lowest BCUT2D eigenvalue weighted by atomic mass is 9.90. The van der Waals surface area contributed by atoms with E-state index in [1.165, 1.54) is 5.69 Å². The number of rotatable bonds is 6. The summed E-state index contributed by atoms with van der Waals surface area (Å²) >= 11 is 0. The van der Waals surface area contributed by atoms with Crippen LogP contribution in [0, 0.1) is 12.8 Å². The number of nitrogens with zero attached hydrogens (tertiary/aromatic N) is 3. The van der Waals surface area contributed by atoms with E-state index in [4.69, 9.17) is 4.42 Å². The van der Waals surface area contributed by atoms with E-state index in [0.717, 1.165) is 42.9 Å². The Morgan fingerprint density at radius 2 is 2.23 bits per heavy atom. The number of amides is 1. The highest BCUT2D eigenvalue weighted by molar-refractivity contribution is 5.94. The van der Waals surface area contributed by atoms with Crippen molar-refractivity contribution in [2.75, 3.05) is 13.6 Å². The number of hydrogen-bond acceptors (Lipinski definition) is 4. The van der Waals surface area contributed by atoms with Crippen LogP contribution in [0.3, 0.4) is 0 Å². The van der Waals surface area contributed by atoms with Gasteiger partial charge >= 0.3 is 0 Å². The van der Waals surface area contributed by atoms with Crippen LogP contribution >= 0.6 is 0 Å². The molecule has 0 fully saturated rings. The van der Waals surface area contributed by atoms with Gasteiger partial charge in [0.15, 0.2) is 5.69 Å². The zero-order valence-electron chi connectivity index (χ0n) is 16.5. The zero-order chi connectivity index (χ0) is 18.8. The Hall–Kier alpha value is -2.08. The lowest BCUT2D eigenvalue weighted by Crippen LogP contribution is -2.39. The predicted octanol–water partition coefficient (Wildman–Crippen LogP) is 2.70. The fraction of sp³-hybridized carbons (Fsp3) is 0.600. The number of carbonyl (C=O) groups is 1. The van der Waals surface area contributed by atoms with E-state index < -0.39 is 0 Å². The Morgan fingerprint density at radius 3 is 2.88 bits per heavy atom. The minimum absolute atomic E-state index is 0.122. The second-order valence-corrected chi connectivity index (χ2v) is 7.82. The highest BCUT2D eigenvalue weighted by Gasteiger charge is 2.30. The first-order valence-corrected chi connectivity index (χ1v) is 9.43. The van der Waals surface area contributed by atoms with Crippen LogP contribution in [0.1, 0.15) is 53.5 Å². The van der Waals surface area contributed by atoms with Crippen LogP contribution in [0.4, 0.5) is 0 Å². The smallest absolute Gasteiger partial charge is 0.272 e. The van der Waals surface area contributed by atoms with E-state index in [1.807, 2.05) is 30.8 Å². The summed E-state index contributed by atoms with van der Waals surface area (Å²) < 4.78 is 7.40.